The number of carbonyl (C=O) groups excluding carboxylic acids is 2. The van der Waals surface area contributed by atoms with E-state index in [1.165, 1.54) is 0 Å². The molecule has 3 nitrogen and oxygen atoms in total. The molecular weight excluding hydrogens is 262 g/mol. The quantitative estimate of drug-likeness (QED) is 0.740. The van der Waals surface area contributed by atoms with Crippen LogP contribution in [0, 0.1) is 0 Å². The Morgan fingerprint density at radius 3 is 2.79 bits per heavy atom. The third-order valence-corrected chi connectivity index (χ3v) is 4.55. The van der Waals surface area contributed by atoms with Crippen LogP contribution in [-0.4, -0.2) is 18.2 Å². The maximum absolute atomic E-state index is 12.8. The predicted octanol–water partition coefficient (Wildman–Crippen LogP) is 3.09. The number of ketones is 1. The first-order valence-corrected chi connectivity index (χ1v) is 7.14. The van der Waals surface area contributed by atoms with E-state index in [1.807, 2.05) is 13.0 Å². The van der Waals surface area contributed by atoms with Crippen LogP contribution >= 0.6 is 11.6 Å². The van der Waals surface area contributed by atoms with Crippen LogP contribution in [-0.2, 0) is 15.0 Å². The Morgan fingerprint density at radius 1 is 1.32 bits per heavy atom. The summed E-state index contributed by atoms with van der Waals surface area (Å²) in [7, 11) is 0. The SMILES string of the molecule is CCN1C(=O)C2(CCCCC2=O)c2cc(Cl)ccc21. The monoisotopic (exact) mass is 277 g/mol. The minimum Gasteiger partial charge on any atom is -0.311 e. The highest BCUT2D eigenvalue weighted by Gasteiger charge is 2.55. The maximum atomic E-state index is 12.8. The van der Waals surface area contributed by atoms with Gasteiger partial charge in [0.15, 0.2) is 5.78 Å². The minimum atomic E-state index is -0.950. The summed E-state index contributed by atoms with van der Waals surface area (Å²) < 4.78 is 0. The first kappa shape index (κ1) is 12.7. The van der Waals surface area contributed by atoms with Crippen molar-refractivity contribution in [2.45, 2.75) is 38.0 Å². The Morgan fingerprint density at radius 2 is 2.11 bits per heavy atom. The summed E-state index contributed by atoms with van der Waals surface area (Å²) in [6, 6.07) is 5.44. The largest absolute Gasteiger partial charge is 0.311 e. The lowest BCUT2D eigenvalue weighted by Gasteiger charge is -2.30. The fourth-order valence-corrected chi connectivity index (χ4v) is 3.57. The van der Waals surface area contributed by atoms with Gasteiger partial charge in [0.25, 0.3) is 0 Å². The van der Waals surface area contributed by atoms with E-state index in [0.29, 0.717) is 24.4 Å². The number of benzene rings is 1. The number of Topliss-reactive ketones (excluding diaryl/α,β-unsaturated/α-hetero) is 1. The normalized spacial score (nSPS) is 26.1. The van der Waals surface area contributed by atoms with Crippen molar-refractivity contribution in [2.24, 2.45) is 0 Å². The van der Waals surface area contributed by atoms with Crippen molar-refractivity contribution in [2.75, 3.05) is 11.4 Å². The third kappa shape index (κ3) is 1.57. The molecule has 1 unspecified atom stereocenters. The molecular formula is C15H16ClNO2. The summed E-state index contributed by atoms with van der Waals surface area (Å²) in [5.41, 5.74) is 0.720. The molecule has 1 atom stereocenters. The maximum Gasteiger partial charge on any atom is 0.245 e. The lowest BCUT2D eigenvalue weighted by Crippen LogP contribution is -2.47. The molecule has 1 heterocycles. The lowest BCUT2D eigenvalue weighted by molar-refractivity contribution is -0.136. The molecule has 3 rings (SSSR count). The van der Waals surface area contributed by atoms with Crippen molar-refractivity contribution < 1.29 is 9.59 Å². The summed E-state index contributed by atoms with van der Waals surface area (Å²) in [6.07, 6.45) is 2.92. The molecule has 0 bridgehead atoms. The van der Waals surface area contributed by atoms with Gasteiger partial charge >= 0.3 is 0 Å². The molecule has 1 spiro atoms. The molecule has 2 aliphatic rings. The van der Waals surface area contributed by atoms with Crippen LogP contribution in [0.15, 0.2) is 18.2 Å². The fraction of sp³-hybridized carbons (Fsp3) is 0.467. The van der Waals surface area contributed by atoms with Crippen molar-refractivity contribution in [1.29, 1.82) is 0 Å². The highest BCUT2D eigenvalue weighted by Crippen LogP contribution is 2.48. The molecule has 1 saturated carbocycles. The minimum absolute atomic E-state index is 0.0584. The summed E-state index contributed by atoms with van der Waals surface area (Å²) >= 11 is 6.07. The number of hydrogen-bond donors (Lipinski definition) is 0. The number of nitrogens with zero attached hydrogens (tertiary/aromatic N) is 1. The van der Waals surface area contributed by atoms with Crippen molar-refractivity contribution in [1.82, 2.24) is 0 Å². The Labute approximate surface area is 117 Å². The van der Waals surface area contributed by atoms with E-state index in [9.17, 15) is 9.59 Å². The summed E-state index contributed by atoms with van der Waals surface area (Å²) in [5.74, 6) is 0.000170. The summed E-state index contributed by atoms with van der Waals surface area (Å²) in [4.78, 5) is 26.9. The molecule has 100 valence electrons. The van der Waals surface area contributed by atoms with Crippen molar-refractivity contribution in [3.8, 4) is 0 Å². The molecule has 19 heavy (non-hydrogen) atoms. The number of halogens is 1. The van der Waals surface area contributed by atoms with Gasteiger partial charge in [0.2, 0.25) is 5.91 Å². The predicted molar refractivity (Wildman–Crippen MR) is 74.6 cm³/mol. The number of rotatable bonds is 1. The fourth-order valence-electron chi connectivity index (χ4n) is 3.39. The van der Waals surface area contributed by atoms with Crippen molar-refractivity contribution in [3.05, 3.63) is 28.8 Å². The van der Waals surface area contributed by atoms with Crippen LogP contribution in [0.25, 0.3) is 0 Å². The number of anilines is 1. The molecule has 1 amide bonds. The van der Waals surface area contributed by atoms with Gasteiger partial charge in [0.05, 0.1) is 0 Å². The Kier molecular flexibility index (Phi) is 2.90. The summed E-state index contributed by atoms with van der Waals surface area (Å²) in [6.45, 7) is 2.52. The Bertz CT molecular complexity index is 569. The average molecular weight is 278 g/mol. The lowest BCUT2D eigenvalue weighted by atomic mass is 9.69. The van der Waals surface area contributed by atoms with Gasteiger partial charge in [-0.05, 0) is 38.0 Å². The van der Waals surface area contributed by atoms with Gasteiger partial charge in [-0.3, -0.25) is 9.59 Å². The summed E-state index contributed by atoms with van der Waals surface area (Å²) in [5, 5.41) is 0.585. The Hall–Kier alpha value is -1.35. The number of fused-ring (bicyclic) bond motifs is 2. The van der Waals surface area contributed by atoms with E-state index in [2.05, 4.69) is 0 Å². The van der Waals surface area contributed by atoms with Gasteiger partial charge in [-0.25, -0.2) is 0 Å². The Balaban J connectivity index is 2.24. The smallest absolute Gasteiger partial charge is 0.245 e. The van der Waals surface area contributed by atoms with E-state index in [4.69, 9.17) is 11.6 Å². The van der Waals surface area contributed by atoms with Gasteiger partial charge in [-0.15, -0.1) is 0 Å². The number of likely N-dealkylation sites (N-methyl/N-ethyl adjacent to an activating group) is 1. The molecule has 0 radical (unpaired) electrons. The van der Waals surface area contributed by atoms with Gasteiger partial charge in [0.1, 0.15) is 5.41 Å². The number of amides is 1. The van der Waals surface area contributed by atoms with E-state index in [-0.39, 0.29) is 11.7 Å². The van der Waals surface area contributed by atoms with E-state index in [1.54, 1.807) is 17.0 Å². The van der Waals surface area contributed by atoms with Gasteiger partial charge < -0.3 is 4.90 Å². The first-order valence-electron chi connectivity index (χ1n) is 6.76. The number of carbonyl (C=O) groups is 2. The van der Waals surface area contributed by atoms with Crippen molar-refractivity contribution >= 4 is 29.0 Å². The van der Waals surface area contributed by atoms with Crippen LogP contribution in [0.4, 0.5) is 5.69 Å². The van der Waals surface area contributed by atoms with Gasteiger partial charge in [-0.1, -0.05) is 18.0 Å². The molecule has 1 aromatic rings. The molecule has 0 saturated heterocycles. The second-order valence-corrected chi connectivity index (χ2v) is 5.68. The molecule has 0 aromatic heterocycles. The van der Waals surface area contributed by atoms with Gasteiger partial charge in [0, 0.05) is 29.2 Å². The average Bonchev–Trinajstić information content (AvgIpc) is 2.63. The molecule has 0 N–H and O–H groups in total. The molecule has 1 aliphatic heterocycles. The first-order chi connectivity index (χ1) is 9.11. The van der Waals surface area contributed by atoms with Crippen molar-refractivity contribution in [3.63, 3.8) is 0 Å². The van der Waals surface area contributed by atoms with E-state index < -0.39 is 5.41 Å². The zero-order chi connectivity index (χ0) is 13.6. The zero-order valence-corrected chi connectivity index (χ0v) is 11.7. The molecule has 4 heteroatoms. The molecule has 1 aromatic carbocycles. The number of hydrogen-bond acceptors (Lipinski definition) is 2. The zero-order valence-electron chi connectivity index (χ0n) is 10.9. The highest BCUT2D eigenvalue weighted by atomic mass is 35.5. The van der Waals surface area contributed by atoms with Crippen LogP contribution in [0.3, 0.4) is 0 Å². The molecule has 1 fully saturated rings. The molecule has 1 aliphatic carbocycles. The van der Waals surface area contributed by atoms with Crippen LogP contribution in [0.1, 0.15) is 38.2 Å². The van der Waals surface area contributed by atoms with E-state index in [0.717, 1.165) is 24.1 Å². The highest BCUT2D eigenvalue weighted by molar-refractivity contribution is 6.31. The van der Waals surface area contributed by atoms with Gasteiger partial charge in [-0.2, -0.15) is 0 Å². The van der Waals surface area contributed by atoms with Crippen LogP contribution in [0.5, 0.6) is 0 Å². The van der Waals surface area contributed by atoms with Crippen LogP contribution < -0.4 is 4.90 Å². The van der Waals surface area contributed by atoms with Crippen LogP contribution in [0.2, 0.25) is 5.02 Å². The third-order valence-electron chi connectivity index (χ3n) is 4.32. The second-order valence-electron chi connectivity index (χ2n) is 5.25. The topological polar surface area (TPSA) is 37.4 Å². The van der Waals surface area contributed by atoms with E-state index >= 15 is 0 Å². The second kappa shape index (κ2) is 4.34. The standard InChI is InChI=1S/C15H16ClNO2/c1-2-17-12-7-6-10(16)9-11(12)15(14(17)19)8-4-3-5-13(15)18/h6-7,9H,2-5,8H2,1H3.